The monoisotopic (exact) mass is 430 g/mol. The lowest BCUT2D eigenvalue weighted by Gasteiger charge is -2.21. The van der Waals surface area contributed by atoms with E-state index >= 15 is 0 Å². The summed E-state index contributed by atoms with van der Waals surface area (Å²) < 4.78 is 12.9. The van der Waals surface area contributed by atoms with E-state index in [1.165, 1.54) is 7.11 Å². The Kier molecular flexibility index (Phi) is 5.16. The Morgan fingerprint density at radius 2 is 2.00 bits per heavy atom. The Labute approximate surface area is 184 Å². The van der Waals surface area contributed by atoms with Gasteiger partial charge in [-0.1, -0.05) is 36.4 Å². The van der Waals surface area contributed by atoms with E-state index in [-0.39, 0.29) is 6.01 Å². The number of fused-ring (bicyclic) bond motifs is 2. The number of aromatic nitrogens is 4. The molecular formula is C23H22N6O3. The number of hydrogen-bond donors (Lipinski definition) is 2. The Morgan fingerprint density at radius 1 is 1.16 bits per heavy atom. The predicted octanol–water partition coefficient (Wildman–Crippen LogP) is 2.61. The van der Waals surface area contributed by atoms with Crippen molar-refractivity contribution in [3.05, 3.63) is 70.9 Å². The molecule has 9 heteroatoms. The number of para-hydroxylation sites is 1. The average Bonchev–Trinajstić information content (AvgIpc) is 3.21. The largest absolute Gasteiger partial charge is 0.468 e. The van der Waals surface area contributed by atoms with E-state index in [9.17, 15) is 4.79 Å². The van der Waals surface area contributed by atoms with Crippen LogP contribution in [0.4, 0.5) is 5.82 Å². The molecule has 9 nitrogen and oxygen atoms in total. The van der Waals surface area contributed by atoms with Crippen LogP contribution in [-0.4, -0.2) is 39.1 Å². The molecule has 0 spiro atoms. The van der Waals surface area contributed by atoms with E-state index in [0.717, 1.165) is 16.8 Å². The van der Waals surface area contributed by atoms with Crippen LogP contribution in [0.5, 0.6) is 6.01 Å². The van der Waals surface area contributed by atoms with Gasteiger partial charge in [-0.05, 0) is 17.7 Å². The highest BCUT2D eigenvalue weighted by molar-refractivity contribution is 6.04. The van der Waals surface area contributed by atoms with Crippen molar-refractivity contribution >= 4 is 22.8 Å². The maximum Gasteiger partial charge on any atom is 0.304 e. The molecular weight excluding hydrogens is 408 g/mol. The first-order chi connectivity index (χ1) is 15.7. The molecule has 2 aromatic heterocycles. The molecule has 2 aromatic carbocycles. The molecule has 0 atom stereocenters. The third-order valence-corrected chi connectivity index (χ3v) is 5.42. The van der Waals surface area contributed by atoms with E-state index in [2.05, 4.69) is 22.4 Å². The zero-order valence-corrected chi connectivity index (χ0v) is 17.5. The second-order valence-electron chi connectivity index (χ2n) is 7.41. The molecule has 32 heavy (non-hydrogen) atoms. The van der Waals surface area contributed by atoms with Crippen LogP contribution in [0.1, 0.15) is 27.2 Å². The number of methoxy groups -OCH3 is 1. The summed E-state index contributed by atoms with van der Waals surface area (Å²) in [5.74, 6) is 0.544. The van der Waals surface area contributed by atoms with Gasteiger partial charge in [0, 0.05) is 18.5 Å². The van der Waals surface area contributed by atoms with Crippen molar-refractivity contribution in [1.29, 1.82) is 0 Å². The van der Waals surface area contributed by atoms with Gasteiger partial charge < -0.3 is 20.5 Å². The van der Waals surface area contributed by atoms with Gasteiger partial charge in [0.1, 0.15) is 11.3 Å². The fraction of sp³-hybridized carbons (Fsp3) is 0.217. The quantitative estimate of drug-likeness (QED) is 0.483. The number of imidazole rings is 1. The first kappa shape index (κ1) is 20.0. The van der Waals surface area contributed by atoms with Crippen LogP contribution in [0.25, 0.3) is 17.0 Å². The number of nitrogens with zero attached hydrogens (tertiary/aromatic N) is 4. The minimum atomic E-state index is -0.559. The van der Waals surface area contributed by atoms with Gasteiger partial charge in [0.05, 0.1) is 37.1 Å². The molecule has 0 fully saturated rings. The van der Waals surface area contributed by atoms with Crippen LogP contribution in [-0.2, 0) is 24.3 Å². The molecule has 0 saturated carbocycles. The first-order valence-electron chi connectivity index (χ1n) is 10.3. The van der Waals surface area contributed by atoms with Crippen molar-refractivity contribution in [1.82, 2.24) is 19.5 Å². The summed E-state index contributed by atoms with van der Waals surface area (Å²) in [6.45, 7) is 1.65. The summed E-state index contributed by atoms with van der Waals surface area (Å²) in [5, 5.41) is 3.43. The van der Waals surface area contributed by atoms with Crippen molar-refractivity contribution in [3.63, 3.8) is 0 Å². The third kappa shape index (κ3) is 3.52. The van der Waals surface area contributed by atoms with Crippen molar-refractivity contribution in [2.75, 3.05) is 19.0 Å². The van der Waals surface area contributed by atoms with Gasteiger partial charge in [-0.2, -0.15) is 9.97 Å². The number of ether oxygens (including phenoxy) is 2. The van der Waals surface area contributed by atoms with Crippen LogP contribution >= 0.6 is 0 Å². The predicted molar refractivity (Wildman–Crippen MR) is 119 cm³/mol. The molecule has 3 N–H and O–H groups in total. The number of amides is 1. The van der Waals surface area contributed by atoms with Crippen LogP contribution < -0.4 is 15.8 Å². The fourth-order valence-electron chi connectivity index (χ4n) is 3.85. The molecule has 4 aromatic rings. The number of carbonyl (C=O) groups is 1. The molecule has 5 rings (SSSR count). The zero-order chi connectivity index (χ0) is 22.1. The molecule has 0 aliphatic carbocycles. The number of carbonyl (C=O) groups excluding carboxylic acids is 1. The van der Waals surface area contributed by atoms with Gasteiger partial charge in [-0.3, -0.25) is 4.79 Å². The molecule has 0 bridgehead atoms. The van der Waals surface area contributed by atoms with Crippen LogP contribution in [0, 0.1) is 0 Å². The van der Waals surface area contributed by atoms with Gasteiger partial charge in [0.2, 0.25) is 5.95 Å². The maximum absolute atomic E-state index is 11.9. The molecule has 1 aliphatic heterocycles. The van der Waals surface area contributed by atoms with Crippen LogP contribution in [0.15, 0.2) is 48.5 Å². The number of benzene rings is 2. The van der Waals surface area contributed by atoms with Gasteiger partial charge in [-0.15, -0.1) is 0 Å². The summed E-state index contributed by atoms with van der Waals surface area (Å²) in [5.41, 5.74) is 9.93. The van der Waals surface area contributed by atoms with E-state index < -0.39 is 5.91 Å². The van der Waals surface area contributed by atoms with Gasteiger partial charge in [0.15, 0.2) is 0 Å². The lowest BCUT2D eigenvalue weighted by Crippen LogP contribution is -2.19. The third-order valence-electron chi connectivity index (χ3n) is 5.42. The van der Waals surface area contributed by atoms with Crippen molar-refractivity contribution in [3.8, 4) is 12.0 Å². The van der Waals surface area contributed by atoms with Crippen LogP contribution in [0.3, 0.4) is 0 Å². The summed E-state index contributed by atoms with van der Waals surface area (Å²) in [7, 11) is 1.52. The Balaban J connectivity index is 1.64. The van der Waals surface area contributed by atoms with Gasteiger partial charge in [-0.25, -0.2) is 9.55 Å². The van der Waals surface area contributed by atoms with E-state index in [1.807, 2.05) is 24.3 Å². The van der Waals surface area contributed by atoms with Crippen molar-refractivity contribution in [2.45, 2.75) is 19.6 Å². The standard InChI is InChI=1S/C23H22N6O3/c1-31-23-27-19-15(20(24)30)8-5-9-18(19)29(23)22-26-17-10-11-32-13-16(17)21(28-22)25-12-14-6-3-2-4-7-14/h2-9H,10-13H2,1H3,(H2,24,30)(H,25,26,28). The highest BCUT2D eigenvalue weighted by Crippen LogP contribution is 2.30. The minimum absolute atomic E-state index is 0.273. The van der Waals surface area contributed by atoms with Gasteiger partial charge in [0.25, 0.3) is 5.91 Å². The Hall–Kier alpha value is -3.98. The molecule has 162 valence electrons. The number of nitrogens with two attached hydrogens (primary N) is 1. The minimum Gasteiger partial charge on any atom is -0.468 e. The molecule has 0 radical (unpaired) electrons. The van der Waals surface area contributed by atoms with E-state index in [1.54, 1.807) is 16.7 Å². The second kappa shape index (κ2) is 8.27. The number of primary amides is 1. The Morgan fingerprint density at radius 3 is 2.78 bits per heavy atom. The lowest BCUT2D eigenvalue weighted by molar-refractivity contribution is 0.100. The molecule has 1 amide bonds. The molecule has 1 aliphatic rings. The van der Waals surface area contributed by atoms with E-state index in [4.69, 9.17) is 25.2 Å². The molecule has 0 saturated heterocycles. The fourth-order valence-corrected chi connectivity index (χ4v) is 3.85. The smallest absolute Gasteiger partial charge is 0.304 e. The molecule has 3 heterocycles. The number of nitrogens with one attached hydrogen (secondary N) is 1. The number of hydrogen-bond acceptors (Lipinski definition) is 7. The summed E-state index contributed by atoms with van der Waals surface area (Å²) in [6, 6.07) is 15.6. The van der Waals surface area contributed by atoms with Gasteiger partial charge >= 0.3 is 6.01 Å². The number of anilines is 1. The van der Waals surface area contributed by atoms with Crippen molar-refractivity contribution in [2.24, 2.45) is 5.73 Å². The normalized spacial score (nSPS) is 13.0. The SMILES string of the molecule is COc1nc2c(C(N)=O)cccc2n1-c1nc2c(c(NCc3ccccc3)n1)COCC2. The first-order valence-corrected chi connectivity index (χ1v) is 10.3. The molecule has 0 unspecified atom stereocenters. The zero-order valence-electron chi connectivity index (χ0n) is 17.5. The maximum atomic E-state index is 11.9. The topological polar surface area (TPSA) is 117 Å². The summed E-state index contributed by atoms with van der Waals surface area (Å²) >= 11 is 0. The highest BCUT2D eigenvalue weighted by Gasteiger charge is 2.23. The van der Waals surface area contributed by atoms with E-state index in [0.29, 0.717) is 54.5 Å². The van der Waals surface area contributed by atoms with Crippen LogP contribution in [0.2, 0.25) is 0 Å². The Bertz CT molecular complexity index is 1300. The summed E-state index contributed by atoms with van der Waals surface area (Å²) in [4.78, 5) is 26.0. The lowest BCUT2D eigenvalue weighted by atomic mass is 10.1. The second-order valence-corrected chi connectivity index (χ2v) is 7.41. The highest BCUT2D eigenvalue weighted by atomic mass is 16.5. The van der Waals surface area contributed by atoms with Crippen molar-refractivity contribution < 1.29 is 14.3 Å². The average molecular weight is 430 g/mol. The number of rotatable bonds is 6. The summed E-state index contributed by atoms with van der Waals surface area (Å²) in [6.07, 6.45) is 0.673.